The summed E-state index contributed by atoms with van der Waals surface area (Å²) in [6.07, 6.45) is 1.60. The van der Waals surface area contributed by atoms with Crippen molar-refractivity contribution in [2.24, 2.45) is 0 Å². The number of pyridine rings is 1. The normalized spacial score (nSPS) is 10.3. The van der Waals surface area contributed by atoms with Crippen molar-refractivity contribution in [2.75, 3.05) is 24.3 Å². The van der Waals surface area contributed by atoms with Gasteiger partial charge in [0, 0.05) is 37.6 Å². The molecule has 138 valence electrons. The van der Waals surface area contributed by atoms with E-state index in [9.17, 15) is 9.18 Å². The summed E-state index contributed by atoms with van der Waals surface area (Å²) in [5.74, 6) is -0.689. The molecular formula is C21H21FN4O. The monoisotopic (exact) mass is 364 g/mol. The van der Waals surface area contributed by atoms with Crippen LogP contribution in [0.3, 0.4) is 0 Å². The Kier molecular flexibility index (Phi) is 5.66. The maximum absolute atomic E-state index is 13.6. The molecule has 3 aromatic rings. The number of amides is 1. The highest BCUT2D eigenvalue weighted by Gasteiger charge is 2.08. The molecule has 6 heteroatoms. The molecule has 27 heavy (non-hydrogen) atoms. The second-order valence-corrected chi connectivity index (χ2v) is 6.27. The first-order valence-corrected chi connectivity index (χ1v) is 8.55. The molecule has 0 aliphatic carbocycles. The number of rotatable bonds is 6. The summed E-state index contributed by atoms with van der Waals surface area (Å²) >= 11 is 0. The van der Waals surface area contributed by atoms with Crippen LogP contribution in [-0.4, -0.2) is 25.0 Å². The van der Waals surface area contributed by atoms with E-state index in [1.165, 1.54) is 6.07 Å². The number of anilines is 3. The fourth-order valence-electron chi connectivity index (χ4n) is 2.52. The van der Waals surface area contributed by atoms with Gasteiger partial charge < -0.3 is 15.5 Å². The highest BCUT2D eigenvalue weighted by molar-refractivity contribution is 5.92. The zero-order valence-electron chi connectivity index (χ0n) is 15.2. The van der Waals surface area contributed by atoms with Gasteiger partial charge in [-0.3, -0.25) is 4.79 Å². The lowest BCUT2D eigenvalue weighted by Gasteiger charge is -2.13. The lowest BCUT2D eigenvalue weighted by molar-refractivity contribution is 0.0945. The number of hydrogen-bond donors (Lipinski definition) is 2. The van der Waals surface area contributed by atoms with Crippen LogP contribution in [0.15, 0.2) is 66.9 Å². The average Bonchev–Trinajstić information content (AvgIpc) is 2.68. The third kappa shape index (κ3) is 4.82. The minimum Gasteiger partial charge on any atom is -0.378 e. The zero-order chi connectivity index (χ0) is 19.2. The van der Waals surface area contributed by atoms with E-state index in [0.29, 0.717) is 5.56 Å². The van der Waals surface area contributed by atoms with E-state index in [2.05, 4.69) is 15.6 Å². The fraction of sp³-hybridized carbons (Fsp3) is 0.143. The van der Waals surface area contributed by atoms with E-state index < -0.39 is 0 Å². The maximum atomic E-state index is 13.6. The number of nitrogens with one attached hydrogen (secondary N) is 2. The standard InChI is InChI=1S/C21H21FN4O/c1-26(2)18-10-7-16(8-11-18)25-17-9-12-20(23-14-17)21(27)24-13-15-5-3-4-6-19(15)22/h3-12,14,25H,13H2,1-2H3,(H,24,27). The number of hydrogen-bond acceptors (Lipinski definition) is 4. The van der Waals surface area contributed by atoms with E-state index in [-0.39, 0.29) is 24.0 Å². The summed E-state index contributed by atoms with van der Waals surface area (Å²) in [6.45, 7) is 0.116. The molecule has 0 atom stereocenters. The molecular weight excluding hydrogens is 343 g/mol. The Morgan fingerprint density at radius 1 is 1.00 bits per heavy atom. The number of carbonyl (C=O) groups excluding carboxylic acids is 1. The Morgan fingerprint density at radius 3 is 2.33 bits per heavy atom. The molecule has 1 amide bonds. The molecule has 0 spiro atoms. The number of nitrogens with zero attached hydrogens (tertiary/aromatic N) is 2. The van der Waals surface area contributed by atoms with Crippen LogP contribution >= 0.6 is 0 Å². The highest BCUT2D eigenvalue weighted by atomic mass is 19.1. The van der Waals surface area contributed by atoms with Crippen LogP contribution in [0.25, 0.3) is 0 Å². The molecule has 3 rings (SSSR count). The van der Waals surface area contributed by atoms with Crippen molar-refractivity contribution >= 4 is 23.0 Å². The Morgan fingerprint density at radius 2 is 1.70 bits per heavy atom. The minimum absolute atomic E-state index is 0.116. The van der Waals surface area contributed by atoms with Gasteiger partial charge in [0.15, 0.2) is 0 Å². The summed E-state index contributed by atoms with van der Waals surface area (Å²) in [7, 11) is 3.98. The molecule has 0 radical (unpaired) electrons. The molecule has 1 heterocycles. The Balaban J connectivity index is 1.59. The second kappa shape index (κ2) is 8.31. The SMILES string of the molecule is CN(C)c1ccc(Nc2ccc(C(=O)NCc3ccccc3F)nc2)cc1. The summed E-state index contributed by atoms with van der Waals surface area (Å²) < 4.78 is 13.6. The van der Waals surface area contributed by atoms with Crippen LogP contribution in [0.4, 0.5) is 21.5 Å². The van der Waals surface area contributed by atoms with Crippen molar-refractivity contribution in [3.8, 4) is 0 Å². The Bertz CT molecular complexity index is 908. The molecule has 1 aromatic heterocycles. The number of benzene rings is 2. The Labute approximate surface area is 157 Å². The van der Waals surface area contributed by atoms with Crippen molar-refractivity contribution in [3.05, 3.63) is 83.9 Å². The third-order valence-corrected chi connectivity index (χ3v) is 4.07. The molecule has 0 bridgehead atoms. The van der Waals surface area contributed by atoms with Crippen molar-refractivity contribution < 1.29 is 9.18 Å². The lowest BCUT2D eigenvalue weighted by atomic mass is 10.2. The molecule has 0 aliphatic heterocycles. The van der Waals surface area contributed by atoms with Crippen LogP contribution in [0.5, 0.6) is 0 Å². The van der Waals surface area contributed by atoms with Crippen LogP contribution in [-0.2, 0) is 6.54 Å². The van der Waals surface area contributed by atoms with Gasteiger partial charge in [0.2, 0.25) is 0 Å². The van der Waals surface area contributed by atoms with Gasteiger partial charge in [-0.1, -0.05) is 18.2 Å². The van der Waals surface area contributed by atoms with Crippen LogP contribution in [0.2, 0.25) is 0 Å². The maximum Gasteiger partial charge on any atom is 0.270 e. The predicted octanol–water partition coefficient (Wildman–Crippen LogP) is 3.96. The van der Waals surface area contributed by atoms with Crippen LogP contribution < -0.4 is 15.5 Å². The van der Waals surface area contributed by atoms with Crippen LogP contribution in [0.1, 0.15) is 16.1 Å². The number of aromatic nitrogens is 1. The van der Waals surface area contributed by atoms with Gasteiger partial charge >= 0.3 is 0 Å². The van der Waals surface area contributed by atoms with Crippen molar-refractivity contribution in [3.63, 3.8) is 0 Å². The number of carbonyl (C=O) groups is 1. The summed E-state index contributed by atoms with van der Waals surface area (Å²) in [5.41, 5.74) is 3.53. The van der Waals surface area contributed by atoms with Crippen molar-refractivity contribution in [2.45, 2.75) is 6.54 Å². The van der Waals surface area contributed by atoms with Gasteiger partial charge in [-0.05, 0) is 42.5 Å². The summed E-state index contributed by atoms with van der Waals surface area (Å²) in [4.78, 5) is 18.4. The van der Waals surface area contributed by atoms with Crippen molar-refractivity contribution in [1.29, 1.82) is 0 Å². The minimum atomic E-state index is -0.347. The van der Waals surface area contributed by atoms with Gasteiger partial charge in [0.25, 0.3) is 5.91 Å². The smallest absolute Gasteiger partial charge is 0.270 e. The first-order chi connectivity index (χ1) is 13.0. The van der Waals surface area contributed by atoms with E-state index in [1.54, 1.807) is 36.5 Å². The second-order valence-electron chi connectivity index (χ2n) is 6.27. The molecule has 0 saturated carbocycles. The zero-order valence-corrected chi connectivity index (χ0v) is 15.2. The molecule has 0 aliphatic rings. The fourth-order valence-corrected chi connectivity index (χ4v) is 2.52. The highest BCUT2D eigenvalue weighted by Crippen LogP contribution is 2.19. The first-order valence-electron chi connectivity index (χ1n) is 8.55. The van der Waals surface area contributed by atoms with Gasteiger partial charge in [0.05, 0.1) is 11.9 Å². The van der Waals surface area contributed by atoms with Crippen LogP contribution in [0, 0.1) is 5.82 Å². The average molecular weight is 364 g/mol. The molecule has 0 saturated heterocycles. The first kappa shape index (κ1) is 18.4. The molecule has 5 nitrogen and oxygen atoms in total. The molecule has 2 aromatic carbocycles. The van der Waals surface area contributed by atoms with Crippen molar-refractivity contribution in [1.82, 2.24) is 10.3 Å². The molecule has 0 unspecified atom stereocenters. The Hall–Kier alpha value is -3.41. The largest absolute Gasteiger partial charge is 0.378 e. The van der Waals surface area contributed by atoms with E-state index in [0.717, 1.165) is 17.1 Å². The van der Waals surface area contributed by atoms with Gasteiger partial charge in [-0.25, -0.2) is 9.37 Å². The van der Waals surface area contributed by atoms with Gasteiger partial charge in [-0.2, -0.15) is 0 Å². The van der Waals surface area contributed by atoms with E-state index in [1.807, 2.05) is 43.3 Å². The predicted molar refractivity (Wildman–Crippen MR) is 106 cm³/mol. The number of halogens is 1. The quantitative estimate of drug-likeness (QED) is 0.695. The van der Waals surface area contributed by atoms with Gasteiger partial charge in [0.1, 0.15) is 11.5 Å². The van der Waals surface area contributed by atoms with E-state index in [4.69, 9.17) is 0 Å². The summed E-state index contributed by atoms with van der Waals surface area (Å²) in [6, 6.07) is 17.7. The van der Waals surface area contributed by atoms with E-state index >= 15 is 0 Å². The third-order valence-electron chi connectivity index (χ3n) is 4.07. The lowest BCUT2D eigenvalue weighted by Crippen LogP contribution is -2.24. The molecule has 0 fully saturated rings. The summed E-state index contributed by atoms with van der Waals surface area (Å²) in [5, 5.41) is 5.91. The van der Waals surface area contributed by atoms with Gasteiger partial charge in [-0.15, -0.1) is 0 Å². The topological polar surface area (TPSA) is 57.3 Å². The molecule has 2 N–H and O–H groups in total.